The van der Waals surface area contributed by atoms with Gasteiger partial charge >= 0.3 is 6.36 Å². The van der Waals surface area contributed by atoms with E-state index in [1.165, 1.54) is 18.2 Å². The van der Waals surface area contributed by atoms with Gasteiger partial charge in [0.15, 0.2) is 0 Å². The Morgan fingerprint density at radius 2 is 2.00 bits per heavy atom. The van der Waals surface area contributed by atoms with Gasteiger partial charge in [0.25, 0.3) is 0 Å². The Balaban J connectivity index is 2.08. The van der Waals surface area contributed by atoms with Crippen LogP contribution in [-0.2, 0) is 0 Å². The molecule has 1 aliphatic carbocycles. The second kappa shape index (κ2) is 6.56. The first kappa shape index (κ1) is 16.0. The molecule has 3 nitrogen and oxygen atoms in total. The molecule has 0 heterocycles. The van der Waals surface area contributed by atoms with Crippen LogP contribution < -0.4 is 10.1 Å². The number of hydrogen-bond acceptors (Lipinski definition) is 3. The van der Waals surface area contributed by atoms with Crippen LogP contribution in [0.1, 0.15) is 25.7 Å². The molecule has 114 valence electrons. The minimum atomic E-state index is -4.72. The van der Waals surface area contributed by atoms with Crippen molar-refractivity contribution < 1.29 is 17.9 Å². The maximum absolute atomic E-state index is 12.2. The van der Waals surface area contributed by atoms with Crippen molar-refractivity contribution in [3.63, 3.8) is 0 Å². The van der Waals surface area contributed by atoms with E-state index in [4.69, 9.17) is 5.26 Å². The van der Waals surface area contributed by atoms with E-state index in [2.05, 4.69) is 32.1 Å². The smallest absolute Gasteiger partial charge is 0.405 e. The molecule has 1 fully saturated rings. The average Bonchev–Trinajstić information content (AvgIpc) is 2.41. The predicted octanol–water partition coefficient (Wildman–Crippen LogP) is 4.84. The van der Waals surface area contributed by atoms with E-state index >= 15 is 0 Å². The van der Waals surface area contributed by atoms with Gasteiger partial charge in [-0.05, 0) is 47.0 Å². The van der Waals surface area contributed by atoms with Gasteiger partial charge in [-0.1, -0.05) is 12.8 Å². The number of halogens is 4. The Morgan fingerprint density at radius 3 is 2.62 bits per heavy atom. The molecule has 0 bridgehead atoms. The molecule has 0 radical (unpaired) electrons. The summed E-state index contributed by atoms with van der Waals surface area (Å²) in [6, 6.07) is 6.62. The first-order valence-electron chi connectivity index (χ1n) is 6.60. The molecule has 0 aromatic heterocycles. The second-order valence-corrected chi connectivity index (χ2v) is 5.82. The highest BCUT2D eigenvalue weighted by molar-refractivity contribution is 9.10. The molecule has 21 heavy (non-hydrogen) atoms. The third-order valence-corrected chi connectivity index (χ3v) is 4.06. The van der Waals surface area contributed by atoms with Crippen molar-refractivity contribution in [1.29, 1.82) is 5.26 Å². The van der Waals surface area contributed by atoms with Gasteiger partial charge in [-0.2, -0.15) is 5.26 Å². The van der Waals surface area contributed by atoms with Gasteiger partial charge in [-0.25, -0.2) is 0 Å². The van der Waals surface area contributed by atoms with E-state index < -0.39 is 6.36 Å². The molecule has 2 rings (SSSR count). The third-order valence-electron chi connectivity index (χ3n) is 3.44. The van der Waals surface area contributed by atoms with Crippen LogP contribution in [0.25, 0.3) is 0 Å². The topological polar surface area (TPSA) is 45.0 Å². The summed E-state index contributed by atoms with van der Waals surface area (Å²) in [6.45, 7) is 0. The average molecular weight is 363 g/mol. The minimum Gasteiger partial charge on any atom is -0.405 e. The van der Waals surface area contributed by atoms with Crippen LogP contribution in [0.15, 0.2) is 22.7 Å². The molecule has 0 spiro atoms. The fourth-order valence-corrected chi connectivity index (χ4v) is 2.93. The number of rotatable bonds is 3. The Kier molecular flexibility index (Phi) is 4.99. The molecule has 1 aromatic rings. The molecule has 0 saturated heterocycles. The molecule has 2 atom stereocenters. The first-order valence-corrected chi connectivity index (χ1v) is 7.40. The van der Waals surface area contributed by atoms with Crippen molar-refractivity contribution in [2.45, 2.75) is 38.1 Å². The fourth-order valence-electron chi connectivity index (χ4n) is 2.47. The Bertz CT molecular complexity index is 542. The number of ether oxygens (including phenoxy) is 1. The zero-order valence-corrected chi connectivity index (χ0v) is 12.7. The monoisotopic (exact) mass is 362 g/mol. The van der Waals surface area contributed by atoms with E-state index in [9.17, 15) is 13.2 Å². The Morgan fingerprint density at radius 1 is 1.29 bits per heavy atom. The Labute approximate surface area is 129 Å². The van der Waals surface area contributed by atoms with Crippen LogP contribution in [-0.4, -0.2) is 12.4 Å². The zero-order valence-electron chi connectivity index (χ0n) is 11.1. The summed E-state index contributed by atoms with van der Waals surface area (Å²) in [5.74, 6) is -0.350. The molecule has 7 heteroatoms. The lowest BCUT2D eigenvalue weighted by molar-refractivity contribution is -0.274. The number of alkyl halides is 3. The van der Waals surface area contributed by atoms with Gasteiger partial charge in [0, 0.05) is 11.7 Å². The normalized spacial score (nSPS) is 22.4. The van der Waals surface area contributed by atoms with Crippen LogP contribution >= 0.6 is 15.9 Å². The van der Waals surface area contributed by atoms with E-state index in [0.29, 0.717) is 5.69 Å². The quantitative estimate of drug-likeness (QED) is 0.836. The largest absolute Gasteiger partial charge is 0.573 e. The van der Waals surface area contributed by atoms with Crippen molar-refractivity contribution in [2.24, 2.45) is 5.92 Å². The van der Waals surface area contributed by atoms with Crippen LogP contribution in [0.2, 0.25) is 0 Å². The first-order chi connectivity index (χ1) is 9.89. The lowest BCUT2D eigenvalue weighted by atomic mass is 9.85. The summed E-state index contributed by atoms with van der Waals surface area (Å²) in [6.07, 6.45) is -0.890. The number of benzene rings is 1. The van der Waals surface area contributed by atoms with E-state index in [1.54, 1.807) is 0 Å². The maximum atomic E-state index is 12.2. The summed E-state index contributed by atoms with van der Waals surface area (Å²) in [4.78, 5) is 0. The standard InChI is InChI=1S/C14H14BrF3N2O/c15-11-7-10(5-6-13(11)21-14(16,17)18)20-12-4-2-1-3-9(12)8-19/h5-7,9,12,20H,1-4H2. The zero-order chi connectivity index (χ0) is 15.5. The highest BCUT2D eigenvalue weighted by Crippen LogP contribution is 2.34. The van der Waals surface area contributed by atoms with Gasteiger partial charge < -0.3 is 10.1 Å². The van der Waals surface area contributed by atoms with Gasteiger partial charge in [0.05, 0.1) is 16.5 Å². The SMILES string of the molecule is N#CC1CCCCC1Nc1ccc(OC(F)(F)F)c(Br)c1. The fraction of sp³-hybridized carbons (Fsp3) is 0.500. The summed E-state index contributed by atoms with van der Waals surface area (Å²) < 4.78 is 40.7. The van der Waals surface area contributed by atoms with E-state index in [-0.39, 0.29) is 22.2 Å². The molecule has 0 aliphatic heterocycles. The summed E-state index contributed by atoms with van der Waals surface area (Å²) in [5.41, 5.74) is 0.670. The van der Waals surface area contributed by atoms with E-state index in [0.717, 1.165) is 25.7 Å². The predicted molar refractivity (Wildman–Crippen MR) is 75.8 cm³/mol. The Hall–Kier alpha value is -1.42. The van der Waals surface area contributed by atoms with Crippen LogP contribution in [0.5, 0.6) is 5.75 Å². The maximum Gasteiger partial charge on any atom is 0.573 e. The second-order valence-electron chi connectivity index (χ2n) is 4.96. The molecular formula is C14H14BrF3N2O. The lowest BCUT2D eigenvalue weighted by Crippen LogP contribution is -2.31. The molecule has 1 aromatic carbocycles. The highest BCUT2D eigenvalue weighted by Gasteiger charge is 2.32. The highest BCUT2D eigenvalue weighted by atomic mass is 79.9. The van der Waals surface area contributed by atoms with Crippen molar-refractivity contribution in [3.8, 4) is 11.8 Å². The summed E-state index contributed by atoms with van der Waals surface area (Å²) in [7, 11) is 0. The van der Waals surface area contributed by atoms with Crippen LogP contribution in [0.4, 0.5) is 18.9 Å². The number of nitriles is 1. The summed E-state index contributed by atoms with van der Waals surface area (Å²) >= 11 is 3.07. The van der Waals surface area contributed by atoms with Crippen molar-refractivity contribution >= 4 is 21.6 Å². The van der Waals surface area contributed by atoms with Gasteiger partial charge in [0.1, 0.15) is 5.75 Å². The molecule has 0 amide bonds. The molecule has 1 aliphatic rings. The molecular weight excluding hydrogens is 349 g/mol. The third kappa shape index (κ3) is 4.53. The van der Waals surface area contributed by atoms with Crippen LogP contribution in [0, 0.1) is 17.2 Å². The summed E-state index contributed by atoms with van der Waals surface area (Å²) in [5, 5.41) is 12.3. The lowest BCUT2D eigenvalue weighted by Gasteiger charge is -2.28. The van der Waals surface area contributed by atoms with Crippen molar-refractivity contribution in [1.82, 2.24) is 0 Å². The van der Waals surface area contributed by atoms with E-state index in [1.807, 2.05) is 0 Å². The van der Waals surface area contributed by atoms with Crippen molar-refractivity contribution in [2.75, 3.05) is 5.32 Å². The number of nitrogens with one attached hydrogen (secondary N) is 1. The molecule has 1 saturated carbocycles. The number of anilines is 1. The molecule has 2 unspecified atom stereocenters. The van der Waals surface area contributed by atoms with Crippen LogP contribution in [0.3, 0.4) is 0 Å². The number of nitrogens with zero attached hydrogens (tertiary/aromatic N) is 1. The number of hydrogen-bond donors (Lipinski definition) is 1. The molecule has 1 N–H and O–H groups in total. The van der Waals surface area contributed by atoms with Crippen molar-refractivity contribution in [3.05, 3.63) is 22.7 Å². The van der Waals surface area contributed by atoms with Gasteiger partial charge in [0.2, 0.25) is 0 Å². The van der Waals surface area contributed by atoms with Gasteiger partial charge in [-0.3, -0.25) is 0 Å². The van der Waals surface area contributed by atoms with Gasteiger partial charge in [-0.15, -0.1) is 13.2 Å². The minimum absolute atomic E-state index is 0.0324.